The summed E-state index contributed by atoms with van der Waals surface area (Å²) in [7, 11) is -2.20. The highest BCUT2D eigenvalue weighted by atomic mass is 32.2. The van der Waals surface area contributed by atoms with Crippen molar-refractivity contribution >= 4 is 21.7 Å². The van der Waals surface area contributed by atoms with E-state index in [0.717, 1.165) is 6.42 Å². The van der Waals surface area contributed by atoms with E-state index in [9.17, 15) is 13.2 Å². The molecule has 1 unspecified atom stereocenters. The Hall–Kier alpha value is -1.64. The molecule has 8 heteroatoms. The number of nitrogens with one attached hydrogen (secondary N) is 2. The summed E-state index contributed by atoms with van der Waals surface area (Å²) in [4.78, 5) is 14.4. The monoisotopic (exact) mass is 341 g/mol. The summed E-state index contributed by atoms with van der Waals surface area (Å²) in [6, 6.07) is 4.65. The van der Waals surface area contributed by atoms with E-state index >= 15 is 0 Å². The number of anilines is 1. The molecule has 1 aliphatic rings. The first-order valence-electron chi connectivity index (χ1n) is 7.55. The quantitative estimate of drug-likeness (QED) is 0.873. The minimum atomic E-state index is -3.56. The molecule has 1 aromatic carbocycles. The number of urea groups is 1. The number of sulfonamides is 1. The fourth-order valence-electron chi connectivity index (χ4n) is 2.53. The van der Waals surface area contributed by atoms with Gasteiger partial charge in [0.2, 0.25) is 10.0 Å². The molecule has 1 heterocycles. The lowest BCUT2D eigenvalue weighted by Crippen LogP contribution is -2.42. The maximum Gasteiger partial charge on any atom is 0.322 e. The van der Waals surface area contributed by atoms with E-state index in [1.807, 2.05) is 6.92 Å². The number of rotatable bonds is 3. The molecule has 0 radical (unpaired) electrons. The zero-order valence-corrected chi connectivity index (χ0v) is 14.4. The van der Waals surface area contributed by atoms with Crippen molar-refractivity contribution in [2.75, 3.05) is 32.1 Å². The van der Waals surface area contributed by atoms with Gasteiger partial charge in [0.1, 0.15) is 0 Å². The van der Waals surface area contributed by atoms with Crippen LogP contribution >= 0.6 is 0 Å². The summed E-state index contributed by atoms with van der Waals surface area (Å²) in [6.45, 7) is 5.31. The molecule has 1 atom stereocenters. The van der Waals surface area contributed by atoms with Crippen LogP contribution in [-0.4, -0.2) is 52.2 Å². The number of benzene rings is 1. The van der Waals surface area contributed by atoms with Crippen molar-refractivity contribution in [2.45, 2.75) is 31.2 Å². The Labute approximate surface area is 137 Å². The topological polar surface area (TPSA) is 87.7 Å². The van der Waals surface area contributed by atoms with E-state index in [4.69, 9.17) is 4.74 Å². The van der Waals surface area contributed by atoms with E-state index in [2.05, 4.69) is 10.0 Å². The van der Waals surface area contributed by atoms with Crippen LogP contribution in [0, 0.1) is 6.92 Å². The minimum Gasteiger partial charge on any atom is -0.380 e. The summed E-state index contributed by atoms with van der Waals surface area (Å²) >= 11 is 0. The van der Waals surface area contributed by atoms with Gasteiger partial charge in [-0.25, -0.2) is 17.9 Å². The van der Waals surface area contributed by atoms with Crippen molar-refractivity contribution in [1.29, 1.82) is 0 Å². The van der Waals surface area contributed by atoms with Crippen LogP contribution in [0.5, 0.6) is 0 Å². The summed E-state index contributed by atoms with van der Waals surface area (Å²) in [5, 5.41) is 2.81. The van der Waals surface area contributed by atoms with Gasteiger partial charge in [-0.1, -0.05) is 6.07 Å². The highest BCUT2D eigenvalue weighted by molar-refractivity contribution is 7.89. The van der Waals surface area contributed by atoms with Gasteiger partial charge in [-0.05, 0) is 45.0 Å². The molecule has 7 nitrogen and oxygen atoms in total. The maximum atomic E-state index is 12.5. The van der Waals surface area contributed by atoms with Gasteiger partial charge >= 0.3 is 6.03 Å². The molecule has 0 bridgehead atoms. The summed E-state index contributed by atoms with van der Waals surface area (Å²) in [5.41, 5.74) is 0.998. The lowest BCUT2D eigenvalue weighted by molar-refractivity contribution is 0.143. The first kappa shape index (κ1) is 17.7. The van der Waals surface area contributed by atoms with Gasteiger partial charge in [-0.3, -0.25) is 0 Å². The number of amides is 2. The van der Waals surface area contributed by atoms with Gasteiger partial charge in [-0.2, -0.15) is 0 Å². The van der Waals surface area contributed by atoms with Crippen LogP contribution in [0.4, 0.5) is 10.5 Å². The predicted octanol–water partition coefficient (Wildman–Crippen LogP) is 1.55. The SMILES string of the molecule is CNS(=O)(=O)c1cccc(NC(=O)N2CCOCCC2C)c1C. The molecule has 0 aromatic heterocycles. The van der Waals surface area contributed by atoms with Crippen LogP contribution in [0.15, 0.2) is 23.1 Å². The highest BCUT2D eigenvalue weighted by Gasteiger charge is 2.24. The zero-order valence-electron chi connectivity index (χ0n) is 13.6. The Morgan fingerprint density at radius 1 is 1.35 bits per heavy atom. The third-order valence-corrected chi connectivity index (χ3v) is 5.59. The first-order chi connectivity index (χ1) is 10.9. The molecule has 23 heavy (non-hydrogen) atoms. The highest BCUT2D eigenvalue weighted by Crippen LogP contribution is 2.23. The Morgan fingerprint density at radius 3 is 2.78 bits per heavy atom. The third-order valence-electron chi connectivity index (χ3n) is 4.03. The molecule has 1 aromatic rings. The molecule has 0 aliphatic carbocycles. The summed E-state index contributed by atoms with van der Waals surface area (Å²) < 4.78 is 31.7. The molecule has 128 valence electrons. The van der Waals surface area contributed by atoms with Crippen LogP contribution in [0.2, 0.25) is 0 Å². The molecule has 2 N–H and O–H groups in total. The van der Waals surface area contributed by atoms with E-state index in [0.29, 0.717) is 31.0 Å². The van der Waals surface area contributed by atoms with Crippen molar-refractivity contribution in [3.05, 3.63) is 23.8 Å². The molecule has 2 amide bonds. The summed E-state index contributed by atoms with van der Waals surface area (Å²) in [6.07, 6.45) is 0.778. The van der Waals surface area contributed by atoms with Gasteiger partial charge in [-0.15, -0.1) is 0 Å². The van der Waals surface area contributed by atoms with Crippen LogP contribution in [-0.2, 0) is 14.8 Å². The zero-order chi connectivity index (χ0) is 17.0. The normalized spacial score (nSPS) is 19.3. The second-order valence-corrected chi connectivity index (χ2v) is 7.36. The van der Waals surface area contributed by atoms with Crippen molar-refractivity contribution < 1.29 is 17.9 Å². The Bertz CT molecular complexity index is 675. The molecule has 2 rings (SSSR count). The van der Waals surface area contributed by atoms with Crippen molar-refractivity contribution in [1.82, 2.24) is 9.62 Å². The number of carbonyl (C=O) groups is 1. The van der Waals surface area contributed by atoms with Crippen LogP contribution in [0.25, 0.3) is 0 Å². The fourth-order valence-corrected chi connectivity index (χ4v) is 3.53. The first-order valence-corrected chi connectivity index (χ1v) is 9.03. The predicted molar refractivity (Wildman–Crippen MR) is 88.0 cm³/mol. The Morgan fingerprint density at radius 2 is 2.09 bits per heavy atom. The van der Waals surface area contributed by atoms with E-state index in [-0.39, 0.29) is 17.0 Å². The molecule has 0 spiro atoms. The van der Waals surface area contributed by atoms with E-state index in [1.54, 1.807) is 24.0 Å². The molecule has 0 saturated carbocycles. The van der Waals surface area contributed by atoms with Crippen LogP contribution < -0.4 is 10.0 Å². The number of carbonyl (C=O) groups excluding carboxylic acids is 1. The maximum absolute atomic E-state index is 12.5. The molecular weight excluding hydrogens is 318 g/mol. The molecule has 1 aliphatic heterocycles. The Balaban J connectivity index is 2.23. The van der Waals surface area contributed by atoms with E-state index in [1.165, 1.54) is 13.1 Å². The van der Waals surface area contributed by atoms with Gasteiger partial charge in [0.15, 0.2) is 0 Å². The van der Waals surface area contributed by atoms with Crippen molar-refractivity contribution in [2.24, 2.45) is 0 Å². The van der Waals surface area contributed by atoms with Gasteiger partial charge in [0.05, 0.1) is 11.5 Å². The number of ether oxygens (including phenoxy) is 1. The standard InChI is InChI=1S/C15H23N3O4S/c1-11-7-9-22-10-8-18(11)15(19)17-13-5-4-6-14(12(13)2)23(20,21)16-3/h4-6,11,16H,7-10H2,1-3H3,(H,17,19). The average Bonchev–Trinajstić information content (AvgIpc) is 2.73. The largest absolute Gasteiger partial charge is 0.380 e. The third kappa shape index (κ3) is 4.01. The smallest absolute Gasteiger partial charge is 0.322 e. The average molecular weight is 341 g/mol. The van der Waals surface area contributed by atoms with E-state index < -0.39 is 10.0 Å². The van der Waals surface area contributed by atoms with Crippen molar-refractivity contribution in [3.63, 3.8) is 0 Å². The second-order valence-electron chi connectivity index (χ2n) is 5.51. The molecule has 1 saturated heterocycles. The minimum absolute atomic E-state index is 0.0713. The number of nitrogens with zero attached hydrogens (tertiary/aromatic N) is 1. The van der Waals surface area contributed by atoms with Crippen molar-refractivity contribution in [3.8, 4) is 0 Å². The molecular formula is C15H23N3O4S. The number of hydrogen-bond donors (Lipinski definition) is 2. The fraction of sp³-hybridized carbons (Fsp3) is 0.533. The number of hydrogen-bond acceptors (Lipinski definition) is 4. The van der Waals surface area contributed by atoms with Gasteiger partial charge in [0.25, 0.3) is 0 Å². The summed E-state index contributed by atoms with van der Waals surface area (Å²) in [5.74, 6) is 0. The second kappa shape index (κ2) is 7.29. The van der Waals surface area contributed by atoms with Crippen LogP contribution in [0.3, 0.4) is 0 Å². The molecule has 1 fully saturated rings. The van der Waals surface area contributed by atoms with Gasteiger partial charge in [0, 0.05) is 24.9 Å². The van der Waals surface area contributed by atoms with Gasteiger partial charge < -0.3 is 15.0 Å². The van der Waals surface area contributed by atoms with Crippen LogP contribution in [0.1, 0.15) is 18.9 Å². The Kier molecular flexibility index (Phi) is 5.61. The lowest BCUT2D eigenvalue weighted by atomic mass is 10.2. The lowest BCUT2D eigenvalue weighted by Gasteiger charge is -2.27.